The minimum atomic E-state index is -0.472. The molecule has 2 atom stereocenters. The van der Waals surface area contributed by atoms with E-state index in [0.29, 0.717) is 39.0 Å². The summed E-state index contributed by atoms with van der Waals surface area (Å²) < 4.78 is 0. The van der Waals surface area contributed by atoms with Crippen molar-refractivity contribution < 1.29 is 19.2 Å². The van der Waals surface area contributed by atoms with E-state index in [2.05, 4.69) is 62.0 Å². The fourth-order valence-corrected chi connectivity index (χ4v) is 8.96. The smallest absolute Gasteiger partial charge is 0.243 e. The third-order valence-corrected chi connectivity index (χ3v) is 12.8. The number of amides is 4. The molecule has 2 N–H and O–H groups in total. The van der Waals surface area contributed by atoms with Crippen LogP contribution in [0.1, 0.15) is 234 Å². The Morgan fingerprint density at radius 1 is 0.359 bits per heavy atom. The van der Waals surface area contributed by atoms with Crippen molar-refractivity contribution in [2.24, 2.45) is 11.8 Å². The zero-order valence-electron chi connectivity index (χ0n) is 44.2. The maximum atomic E-state index is 13.7. The molecule has 0 spiro atoms. The van der Waals surface area contributed by atoms with E-state index < -0.39 is 12.1 Å². The summed E-state index contributed by atoms with van der Waals surface area (Å²) in [6, 6.07) is -0.943. The van der Waals surface area contributed by atoms with Gasteiger partial charge in [0.05, 0.1) is 0 Å². The molecule has 0 heterocycles. The summed E-state index contributed by atoms with van der Waals surface area (Å²) in [5.74, 6) is 0.149. The van der Waals surface area contributed by atoms with E-state index in [1.807, 2.05) is 38.0 Å². The zero-order valence-corrected chi connectivity index (χ0v) is 44.2. The highest BCUT2D eigenvalue weighted by Gasteiger charge is 2.33. The minimum absolute atomic E-state index is 0.0163. The molecule has 0 saturated heterocycles. The van der Waals surface area contributed by atoms with Crippen LogP contribution >= 0.6 is 0 Å². The van der Waals surface area contributed by atoms with Crippen molar-refractivity contribution in [2.75, 3.05) is 67.5 Å². The molecule has 10 heteroatoms. The van der Waals surface area contributed by atoms with Gasteiger partial charge in [-0.15, -0.1) is 0 Å². The molecule has 378 valence electrons. The van der Waals surface area contributed by atoms with Gasteiger partial charge in [-0.2, -0.15) is 0 Å². The van der Waals surface area contributed by atoms with Crippen LogP contribution in [0.15, 0.2) is 0 Å². The van der Waals surface area contributed by atoms with Gasteiger partial charge in [-0.3, -0.25) is 19.2 Å². The zero-order chi connectivity index (χ0) is 47.8. The highest BCUT2D eigenvalue weighted by atomic mass is 16.2. The van der Waals surface area contributed by atoms with Crippen LogP contribution in [0.3, 0.4) is 0 Å². The van der Waals surface area contributed by atoms with Gasteiger partial charge in [-0.05, 0) is 91.6 Å². The summed E-state index contributed by atoms with van der Waals surface area (Å²) in [7, 11) is 8.19. The van der Waals surface area contributed by atoms with Crippen molar-refractivity contribution in [1.82, 2.24) is 30.2 Å². The Morgan fingerprint density at radius 3 is 0.891 bits per heavy atom. The molecule has 10 nitrogen and oxygen atoms in total. The normalized spacial score (nSPS) is 12.7. The Morgan fingerprint density at radius 2 is 0.625 bits per heavy atom. The number of nitrogens with zero attached hydrogens (tertiary/aromatic N) is 4. The second kappa shape index (κ2) is 42.2. The fraction of sp³-hybridized carbons (Fsp3) is 0.926. The molecule has 4 amide bonds. The Hall–Kier alpha value is -2.20. The number of unbranched alkanes of at least 4 members (excludes halogenated alkanes) is 23. The van der Waals surface area contributed by atoms with Gasteiger partial charge in [-0.1, -0.05) is 183 Å². The van der Waals surface area contributed by atoms with Crippen LogP contribution in [0.5, 0.6) is 0 Å². The molecule has 0 radical (unpaired) electrons. The summed E-state index contributed by atoms with van der Waals surface area (Å²) in [5.41, 5.74) is 0. The summed E-state index contributed by atoms with van der Waals surface area (Å²) >= 11 is 0. The van der Waals surface area contributed by atoms with Gasteiger partial charge in [0.15, 0.2) is 0 Å². The molecule has 0 aromatic rings. The Bertz CT molecular complexity index is 1050. The molecule has 0 aromatic carbocycles. The summed E-state index contributed by atoms with van der Waals surface area (Å²) in [6.07, 6.45) is 33.7. The number of carbonyl (C=O) groups is 4. The molecule has 0 rings (SSSR count). The molecule has 64 heavy (non-hydrogen) atoms. The molecular formula is C54H108N6O4. The highest BCUT2D eigenvalue weighted by Crippen LogP contribution is 2.19. The SMILES string of the molecule is CCCCCCCCCCCCCC(=O)N(CCCN(C)C)C(C(=O)NCCCCCCNC(=O)C(C(C)C)N(CCCN(C)C)C(=O)CCCCCCCCCCCCC)C(C)C. The van der Waals surface area contributed by atoms with Crippen LogP contribution in [0, 0.1) is 11.8 Å². The number of rotatable bonds is 45. The van der Waals surface area contributed by atoms with Gasteiger partial charge in [0.25, 0.3) is 0 Å². The molecule has 0 aliphatic carbocycles. The number of hydrogen-bond acceptors (Lipinski definition) is 6. The monoisotopic (exact) mass is 905 g/mol. The lowest BCUT2D eigenvalue weighted by Gasteiger charge is -2.34. The lowest BCUT2D eigenvalue weighted by Crippen LogP contribution is -2.53. The molecule has 2 unspecified atom stereocenters. The van der Waals surface area contributed by atoms with Crippen molar-refractivity contribution >= 4 is 23.6 Å². The van der Waals surface area contributed by atoms with Gasteiger partial charge in [0, 0.05) is 39.0 Å². The van der Waals surface area contributed by atoms with E-state index in [4.69, 9.17) is 0 Å². The largest absolute Gasteiger partial charge is 0.354 e. The van der Waals surface area contributed by atoms with Crippen LogP contribution in [-0.2, 0) is 19.2 Å². The lowest BCUT2D eigenvalue weighted by atomic mass is 9.99. The Labute approximate surface area is 397 Å². The van der Waals surface area contributed by atoms with E-state index in [0.717, 1.165) is 77.3 Å². The van der Waals surface area contributed by atoms with Crippen molar-refractivity contribution in [3.8, 4) is 0 Å². The first-order valence-corrected chi connectivity index (χ1v) is 27.2. The standard InChI is InChI=1S/C54H108N6O4/c1-11-13-15-17-19-21-23-25-27-29-33-39-49(61)59(45-37-43-57(7)8)51(47(3)4)53(63)55-41-35-31-32-36-42-56-54(64)52(48(5)6)60(46-38-44-58(9)10)50(62)40-34-30-28-26-24-22-20-18-16-14-12-2/h47-48,51-52H,11-46H2,1-10H3,(H,55,63)(H,56,64). The molecule has 0 bridgehead atoms. The molecule has 0 aliphatic rings. The molecule has 0 fully saturated rings. The van der Waals surface area contributed by atoms with Crippen molar-refractivity contribution in [1.29, 1.82) is 0 Å². The topological polar surface area (TPSA) is 105 Å². The van der Waals surface area contributed by atoms with Gasteiger partial charge >= 0.3 is 0 Å². The molecular weight excluding hydrogens is 797 g/mol. The number of nitrogens with one attached hydrogen (secondary N) is 2. The van der Waals surface area contributed by atoms with Crippen molar-refractivity contribution in [2.45, 2.75) is 246 Å². The van der Waals surface area contributed by atoms with Gasteiger partial charge < -0.3 is 30.2 Å². The molecule has 0 aliphatic heterocycles. The second-order valence-electron chi connectivity index (χ2n) is 20.4. The average Bonchev–Trinajstić information content (AvgIpc) is 3.24. The van der Waals surface area contributed by atoms with Crippen LogP contribution in [0.25, 0.3) is 0 Å². The lowest BCUT2D eigenvalue weighted by molar-refractivity contribution is -0.142. The van der Waals surface area contributed by atoms with Crippen LogP contribution in [0.4, 0.5) is 0 Å². The first-order valence-electron chi connectivity index (χ1n) is 27.2. The quantitative estimate of drug-likeness (QED) is 0.0590. The van der Waals surface area contributed by atoms with Gasteiger partial charge in [-0.25, -0.2) is 0 Å². The summed E-state index contributed by atoms with van der Waals surface area (Å²) in [5, 5.41) is 6.35. The average molecular weight is 905 g/mol. The molecule has 0 aromatic heterocycles. The summed E-state index contributed by atoms with van der Waals surface area (Å²) in [6.45, 7) is 16.8. The maximum Gasteiger partial charge on any atom is 0.243 e. The highest BCUT2D eigenvalue weighted by molar-refractivity contribution is 5.88. The third kappa shape index (κ3) is 33.3. The minimum Gasteiger partial charge on any atom is -0.354 e. The third-order valence-electron chi connectivity index (χ3n) is 12.8. The van der Waals surface area contributed by atoms with E-state index in [-0.39, 0.29) is 35.5 Å². The van der Waals surface area contributed by atoms with Crippen molar-refractivity contribution in [3.63, 3.8) is 0 Å². The predicted molar refractivity (Wildman–Crippen MR) is 274 cm³/mol. The van der Waals surface area contributed by atoms with E-state index in [1.54, 1.807) is 0 Å². The van der Waals surface area contributed by atoms with E-state index >= 15 is 0 Å². The first-order chi connectivity index (χ1) is 30.8. The maximum absolute atomic E-state index is 13.7. The number of hydrogen-bond donors (Lipinski definition) is 2. The fourth-order valence-electron chi connectivity index (χ4n) is 8.96. The second-order valence-corrected chi connectivity index (χ2v) is 20.4. The summed E-state index contributed by atoms with van der Waals surface area (Å²) in [4.78, 5) is 62.7. The van der Waals surface area contributed by atoms with Crippen LogP contribution < -0.4 is 10.6 Å². The number of carbonyl (C=O) groups excluding carboxylic acids is 4. The van der Waals surface area contributed by atoms with Crippen LogP contribution in [-0.4, -0.2) is 123 Å². The Balaban J connectivity index is 4.93. The van der Waals surface area contributed by atoms with E-state index in [1.165, 1.54) is 116 Å². The van der Waals surface area contributed by atoms with Gasteiger partial charge in [0.2, 0.25) is 23.6 Å². The predicted octanol–water partition coefficient (Wildman–Crippen LogP) is 11.8. The van der Waals surface area contributed by atoms with Gasteiger partial charge in [0.1, 0.15) is 12.1 Å². The first kappa shape index (κ1) is 61.8. The van der Waals surface area contributed by atoms with Crippen LogP contribution in [0.2, 0.25) is 0 Å². The molecule has 0 saturated carbocycles. The van der Waals surface area contributed by atoms with E-state index in [9.17, 15) is 19.2 Å². The Kier molecular flexibility index (Phi) is 40.7. The van der Waals surface area contributed by atoms with Crippen molar-refractivity contribution in [3.05, 3.63) is 0 Å².